The number of rotatable bonds is 8. The van der Waals surface area contributed by atoms with E-state index in [4.69, 9.17) is 9.72 Å². The maximum atomic E-state index is 5.90. The summed E-state index contributed by atoms with van der Waals surface area (Å²) in [5.41, 5.74) is 3.61. The van der Waals surface area contributed by atoms with Crippen LogP contribution in [-0.4, -0.2) is 34.1 Å². The molecule has 1 fully saturated rings. The molecule has 0 N–H and O–H groups in total. The largest absolute Gasteiger partial charge is 0.494 e. The lowest BCUT2D eigenvalue weighted by Gasteiger charge is -2.16. The van der Waals surface area contributed by atoms with E-state index in [1.807, 2.05) is 12.1 Å². The van der Waals surface area contributed by atoms with E-state index < -0.39 is 0 Å². The predicted octanol–water partition coefficient (Wildman–Crippen LogP) is 4.80. The average molecular weight is 364 g/mol. The molecule has 0 atom stereocenters. The number of nitrogens with zero attached hydrogens (tertiary/aromatic N) is 3. The standard InChI is InChI=1S/C23H29N3O/c1-19-9-8-10-20(17-19)27-16-7-6-15-26-22-12-3-2-11-21(22)24-23(26)18-25-13-4-5-14-25/h2-3,8-12,17H,4-7,13-16,18H2,1H3. The van der Waals surface area contributed by atoms with Crippen molar-refractivity contribution in [2.45, 2.75) is 45.7 Å². The molecular formula is C23H29N3O. The van der Waals surface area contributed by atoms with E-state index in [-0.39, 0.29) is 0 Å². The van der Waals surface area contributed by atoms with Crippen molar-refractivity contribution >= 4 is 11.0 Å². The fourth-order valence-corrected chi connectivity index (χ4v) is 3.90. The zero-order valence-electron chi connectivity index (χ0n) is 16.2. The Morgan fingerprint density at radius 2 is 1.85 bits per heavy atom. The minimum atomic E-state index is 0.761. The summed E-state index contributed by atoms with van der Waals surface area (Å²) in [6, 6.07) is 16.8. The molecule has 0 amide bonds. The number of hydrogen-bond donors (Lipinski definition) is 0. The SMILES string of the molecule is Cc1cccc(OCCCCn2c(CN3CCCC3)nc3ccccc32)c1. The Morgan fingerprint density at radius 3 is 2.70 bits per heavy atom. The minimum Gasteiger partial charge on any atom is -0.494 e. The maximum Gasteiger partial charge on any atom is 0.124 e. The summed E-state index contributed by atoms with van der Waals surface area (Å²) >= 11 is 0. The minimum absolute atomic E-state index is 0.761. The van der Waals surface area contributed by atoms with Gasteiger partial charge in [0.2, 0.25) is 0 Å². The highest BCUT2D eigenvalue weighted by atomic mass is 16.5. The van der Waals surface area contributed by atoms with Crippen molar-refractivity contribution in [1.29, 1.82) is 0 Å². The van der Waals surface area contributed by atoms with E-state index in [1.165, 1.54) is 42.8 Å². The first-order valence-electron chi connectivity index (χ1n) is 10.2. The smallest absolute Gasteiger partial charge is 0.124 e. The molecule has 4 rings (SSSR count). The third-order valence-electron chi connectivity index (χ3n) is 5.33. The highest BCUT2D eigenvalue weighted by molar-refractivity contribution is 5.75. The van der Waals surface area contributed by atoms with E-state index in [0.29, 0.717) is 0 Å². The van der Waals surface area contributed by atoms with Crippen LogP contribution in [0.2, 0.25) is 0 Å². The third kappa shape index (κ3) is 4.51. The molecule has 4 nitrogen and oxygen atoms in total. The molecule has 2 aromatic carbocycles. The number of aryl methyl sites for hydroxylation is 2. The Hall–Kier alpha value is -2.33. The molecule has 0 saturated carbocycles. The Labute approximate surface area is 161 Å². The fourth-order valence-electron chi connectivity index (χ4n) is 3.90. The number of aromatic nitrogens is 2. The molecule has 142 valence electrons. The second kappa shape index (κ2) is 8.57. The second-order valence-corrected chi connectivity index (χ2v) is 7.52. The van der Waals surface area contributed by atoms with Gasteiger partial charge in [-0.1, -0.05) is 24.3 Å². The summed E-state index contributed by atoms with van der Waals surface area (Å²) in [6.45, 7) is 7.23. The summed E-state index contributed by atoms with van der Waals surface area (Å²) in [4.78, 5) is 7.45. The fraction of sp³-hybridized carbons (Fsp3) is 0.435. The Bertz CT molecular complexity index is 880. The van der Waals surface area contributed by atoms with Crippen molar-refractivity contribution in [3.8, 4) is 5.75 Å². The summed E-state index contributed by atoms with van der Waals surface area (Å²) in [5, 5.41) is 0. The van der Waals surface area contributed by atoms with Crippen molar-refractivity contribution in [2.24, 2.45) is 0 Å². The lowest BCUT2D eigenvalue weighted by Crippen LogP contribution is -2.21. The monoisotopic (exact) mass is 363 g/mol. The highest BCUT2D eigenvalue weighted by Crippen LogP contribution is 2.20. The molecule has 2 heterocycles. The zero-order chi connectivity index (χ0) is 18.5. The van der Waals surface area contributed by atoms with Gasteiger partial charge >= 0.3 is 0 Å². The molecule has 1 saturated heterocycles. The van der Waals surface area contributed by atoms with Crippen LogP contribution in [0.5, 0.6) is 5.75 Å². The molecule has 0 radical (unpaired) electrons. The molecule has 4 heteroatoms. The van der Waals surface area contributed by atoms with Crippen LogP contribution in [0.15, 0.2) is 48.5 Å². The lowest BCUT2D eigenvalue weighted by molar-refractivity contribution is 0.298. The van der Waals surface area contributed by atoms with Crippen molar-refractivity contribution in [3.05, 3.63) is 59.9 Å². The average Bonchev–Trinajstić information content (AvgIpc) is 3.30. The number of imidazole rings is 1. The number of ether oxygens (including phenoxy) is 1. The maximum absolute atomic E-state index is 5.90. The van der Waals surface area contributed by atoms with Crippen LogP contribution in [0.4, 0.5) is 0 Å². The lowest BCUT2D eigenvalue weighted by atomic mass is 10.2. The van der Waals surface area contributed by atoms with Gasteiger partial charge in [-0.2, -0.15) is 0 Å². The molecule has 1 aliphatic heterocycles. The topological polar surface area (TPSA) is 30.3 Å². The van der Waals surface area contributed by atoms with Gasteiger partial charge in [-0.05, 0) is 75.5 Å². The second-order valence-electron chi connectivity index (χ2n) is 7.52. The molecule has 0 spiro atoms. The number of unbranched alkanes of at least 4 members (excludes halogenated alkanes) is 1. The first-order valence-corrected chi connectivity index (χ1v) is 10.2. The molecule has 0 unspecified atom stereocenters. The van der Waals surface area contributed by atoms with Crippen LogP contribution in [0.3, 0.4) is 0 Å². The van der Waals surface area contributed by atoms with Gasteiger partial charge in [0.15, 0.2) is 0 Å². The molecule has 1 aliphatic rings. The summed E-state index contributed by atoms with van der Waals surface area (Å²) in [7, 11) is 0. The number of hydrogen-bond acceptors (Lipinski definition) is 3. The van der Waals surface area contributed by atoms with Crippen LogP contribution in [0.25, 0.3) is 11.0 Å². The molecule has 1 aromatic heterocycles. The Kier molecular flexibility index (Phi) is 5.73. The van der Waals surface area contributed by atoms with Crippen molar-refractivity contribution in [3.63, 3.8) is 0 Å². The van der Waals surface area contributed by atoms with Crippen LogP contribution < -0.4 is 4.74 Å². The van der Waals surface area contributed by atoms with E-state index in [1.54, 1.807) is 0 Å². The number of likely N-dealkylation sites (tertiary alicyclic amines) is 1. The van der Waals surface area contributed by atoms with Crippen LogP contribution >= 0.6 is 0 Å². The van der Waals surface area contributed by atoms with Gasteiger partial charge in [0, 0.05) is 6.54 Å². The molecule has 0 aliphatic carbocycles. The van der Waals surface area contributed by atoms with E-state index in [9.17, 15) is 0 Å². The van der Waals surface area contributed by atoms with E-state index in [2.05, 4.69) is 52.8 Å². The van der Waals surface area contributed by atoms with Crippen LogP contribution in [0.1, 0.15) is 37.1 Å². The quantitative estimate of drug-likeness (QED) is 0.539. The Balaban J connectivity index is 1.37. The predicted molar refractivity (Wildman–Crippen MR) is 110 cm³/mol. The summed E-state index contributed by atoms with van der Waals surface area (Å²) in [5.74, 6) is 2.18. The van der Waals surface area contributed by atoms with E-state index >= 15 is 0 Å². The van der Waals surface area contributed by atoms with Crippen molar-refractivity contribution in [1.82, 2.24) is 14.5 Å². The van der Waals surface area contributed by atoms with Gasteiger partial charge in [0.05, 0.1) is 24.2 Å². The van der Waals surface area contributed by atoms with Gasteiger partial charge in [0.25, 0.3) is 0 Å². The van der Waals surface area contributed by atoms with Crippen LogP contribution in [0, 0.1) is 6.92 Å². The highest BCUT2D eigenvalue weighted by Gasteiger charge is 2.17. The summed E-state index contributed by atoms with van der Waals surface area (Å²) < 4.78 is 8.32. The van der Waals surface area contributed by atoms with E-state index in [0.717, 1.165) is 43.8 Å². The Morgan fingerprint density at radius 1 is 1.00 bits per heavy atom. The first-order chi connectivity index (χ1) is 13.3. The number of fused-ring (bicyclic) bond motifs is 1. The summed E-state index contributed by atoms with van der Waals surface area (Å²) in [6.07, 6.45) is 4.77. The van der Waals surface area contributed by atoms with Crippen molar-refractivity contribution in [2.75, 3.05) is 19.7 Å². The van der Waals surface area contributed by atoms with Gasteiger partial charge < -0.3 is 9.30 Å². The molecular weight excluding hydrogens is 334 g/mol. The van der Waals surface area contributed by atoms with Crippen molar-refractivity contribution < 1.29 is 4.74 Å². The van der Waals surface area contributed by atoms with Gasteiger partial charge in [-0.3, -0.25) is 4.90 Å². The number of para-hydroxylation sites is 2. The molecule has 0 bridgehead atoms. The molecule has 27 heavy (non-hydrogen) atoms. The normalized spacial score (nSPS) is 14.9. The third-order valence-corrected chi connectivity index (χ3v) is 5.33. The molecule has 3 aromatic rings. The first kappa shape index (κ1) is 18.1. The van der Waals surface area contributed by atoms with Gasteiger partial charge in [-0.15, -0.1) is 0 Å². The van der Waals surface area contributed by atoms with Gasteiger partial charge in [0.1, 0.15) is 11.6 Å². The van der Waals surface area contributed by atoms with Crippen LogP contribution in [-0.2, 0) is 13.1 Å². The van der Waals surface area contributed by atoms with Gasteiger partial charge in [-0.25, -0.2) is 4.98 Å². The zero-order valence-corrected chi connectivity index (χ0v) is 16.2. The number of benzene rings is 2.